The molecule has 3 amide bonds. The van der Waals surface area contributed by atoms with Crippen molar-refractivity contribution in [2.24, 2.45) is 16.5 Å². The first-order valence-corrected chi connectivity index (χ1v) is 18.1. The molecule has 0 spiro atoms. The summed E-state index contributed by atoms with van der Waals surface area (Å²) in [5.74, 6) is -4.63. The number of aryl methyl sites for hydroxylation is 1. The number of hydrogen-bond acceptors (Lipinski definition) is 10. The summed E-state index contributed by atoms with van der Waals surface area (Å²) in [6.45, 7) is 1.10. The number of likely N-dealkylation sites (N-methyl/N-ethyl adjacent to an activating group) is 1. The van der Waals surface area contributed by atoms with Crippen LogP contribution < -0.4 is 26.8 Å². The number of hydrogen-bond donors (Lipinski definition) is 6. The van der Waals surface area contributed by atoms with Gasteiger partial charge in [-0.05, 0) is 63.1 Å². The van der Waals surface area contributed by atoms with E-state index in [1.54, 1.807) is 42.5 Å². The zero-order valence-corrected chi connectivity index (χ0v) is 29.6. The van der Waals surface area contributed by atoms with Crippen LogP contribution in [0.5, 0.6) is 0 Å². The minimum absolute atomic E-state index is 0.0125. The number of esters is 1. The van der Waals surface area contributed by atoms with E-state index in [1.807, 2.05) is 6.92 Å². The summed E-state index contributed by atoms with van der Waals surface area (Å²) in [6.07, 6.45) is 3.90. The van der Waals surface area contributed by atoms with E-state index in [2.05, 4.69) is 20.3 Å². The summed E-state index contributed by atoms with van der Waals surface area (Å²) in [5, 5.41) is 14.4. The first kappa shape index (κ1) is 40.4. The monoisotopic (exact) mass is 729 g/mol. The topological polar surface area (TPSA) is 253 Å². The Hall–Kier alpha value is -5.03. The van der Waals surface area contributed by atoms with Crippen molar-refractivity contribution in [1.29, 1.82) is 0 Å². The van der Waals surface area contributed by atoms with Crippen LogP contribution in [0.25, 0.3) is 0 Å². The molecule has 1 aliphatic rings. The maximum atomic E-state index is 13.7. The predicted octanol–water partition coefficient (Wildman–Crippen LogP) is 0.847. The van der Waals surface area contributed by atoms with Gasteiger partial charge in [-0.15, -0.1) is 0 Å². The number of aliphatic imine (C=N–C) groups is 1. The normalized spacial score (nSPS) is 15.5. The molecule has 1 aliphatic carbocycles. The van der Waals surface area contributed by atoms with Crippen molar-refractivity contribution in [3.05, 3.63) is 65.7 Å². The number of benzene rings is 2. The van der Waals surface area contributed by atoms with Gasteiger partial charge in [0.1, 0.15) is 24.7 Å². The molecule has 2 aromatic carbocycles. The Bertz CT molecular complexity index is 1650. The van der Waals surface area contributed by atoms with Gasteiger partial charge in [0.15, 0.2) is 0 Å². The molecule has 16 nitrogen and oxygen atoms in total. The number of aliphatic carboxylic acids is 1. The first-order chi connectivity index (χ1) is 24.2. The zero-order chi connectivity index (χ0) is 37.6. The van der Waals surface area contributed by atoms with Crippen molar-refractivity contribution >= 4 is 45.6 Å². The van der Waals surface area contributed by atoms with Gasteiger partial charge in [-0.2, -0.15) is 0 Å². The first-order valence-electron chi connectivity index (χ1n) is 16.6. The van der Waals surface area contributed by atoms with E-state index in [0.29, 0.717) is 5.56 Å². The van der Waals surface area contributed by atoms with Crippen LogP contribution in [0.2, 0.25) is 0 Å². The number of sulfonamides is 1. The molecule has 17 heteroatoms. The van der Waals surface area contributed by atoms with Crippen molar-refractivity contribution in [2.45, 2.75) is 87.4 Å². The molecular formula is C34H47N7O9S. The number of carbonyl (C=O) groups is 5. The van der Waals surface area contributed by atoms with Crippen molar-refractivity contribution < 1.29 is 42.2 Å². The van der Waals surface area contributed by atoms with Crippen LogP contribution in [-0.2, 0) is 38.7 Å². The zero-order valence-electron chi connectivity index (χ0n) is 28.7. The second-order valence-electron chi connectivity index (χ2n) is 12.4. The molecule has 8 N–H and O–H groups in total. The second kappa shape index (κ2) is 19.4. The van der Waals surface area contributed by atoms with Gasteiger partial charge in [0, 0.05) is 13.6 Å². The van der Waals surface area contributed by atoms with Crippen molar-refractivity contribution in [1.82, 2.24) is 20.3 Å². The number of nitrogens with two attached hydrogens (primary N) is 2. The standard InChI is InChI=1S/C34H47N7O9S/c1-22-15-17-25(18-16-22)51(48,49)40-34(36)37-19-9-14-27(33(47)41(2)21-28(42)43)38-32(46)30(23-10-5-3-6-11-23)39-31(45)26(35)20-29(44)50-24-12-7-4-8-13-24/h3,5-6,10-11,15-18,24,26-27,30H,4,7-9,12-14,19-21,35H2,1-2H3,(H,38,46)(H,39,45)(H,42,43)(H3,36,37,40)/t26-,27-,30-/m0/s1. The van der Waals surface area contributed by atoms with E-state index < -0.39 is 76.7 Å². The molecule has 2 aromatic rings. The number of nitrogens with one attached hydrogen (secondary N) is 3. The summed E-state index contributed by atoms with van der Waals surface area (Å²) in [7, 11) is -2.74. The van der Waals surface area contributed by atoms with Crippen molar-refractivity contribution in [2.75, 3.05) is 20.1 Å². The summed E-state index contributed by atoms with van der Waals surface area (Å²) in [5.41, 5.74) is 13.1. The molecule has 1 saturated carbocycles. The molecule has 0 radical (unpaired) electrons. The number of carbonyl (C=O) groups excluding carboxylic acids is 4. The Kier molecular flexibility index (Phi) is 15.4. The van der Waals surface area contributed by atoms with E-state index in [4.69, 9.17) is 16.2 Å². The number of carboxylic acid groups (broad SMARTS) is 1. The summed E-state index contributed by atoms with van der Waals surface area (Å²) < 4.78 is 32.9. The number of nitrogens with zero attached hydrogens (tertiary/aromatic N) is 2. The lowest BCUT2D eigenvalue weighted by atomic mass is 9.98. The fraction of sp³-hybridized carbons (Fsp3) is 0.471. The number of rotatable bonds is 17. The highest BCUT2D eigenvalue weighted by atomic mass is 32.2. The number of amides is 3. The Morgan fingerprint density at radius 1 is 0.980 bits per heavy atom. The van der Waals surface area contributed by atoms with E-state index in [1.165, 1.54) is 19.2 Å². The smallest absolute Gasteiger partial charge is 0.323 e. The molecule has 0 unspecified atom stereocenters. The Balaban J connectivity index is 1.70. The predicted molar refractivity (Wildman–Crippen MR) is 187 cm³/mol. The molecule has 3 rings (SSSR count). The Morgan fingerprint density at radius 3 is 2.25 bits per heavy atom. The quantitative estimate of drug-likeness (QED) is 0.0576. The van der Waals surface area contributed by atoms with Gasteiger partial charge < -0.3 is 36.8 Å². The van der Waals surface area contributed by atoms with E-state index in [-0.39, 0.29) is 30.4 Å². The maximum Gasteiger partial charge on any atom is 0.323 e. The van der Waals surface area contributed by atoms with E-state index in [0.717, 1.165) is 42.6 Å². The minimum atomic E-state index is -4.00. The highest BCUT2D eigenvalue weighted by Gasteiger charge is 2.32. The molecule has 0 aromatic heterocycles. The molecule has 0 saturated heterocycles. The van der Waals surface area contributed by atoms with Crippen molar-refractivity contribution in [3.8, 4) is 0 Å². The van der Waals surface area contributed by atoms with Gasteiger partial charge in [0.05, 0.1) is 17.4 Å². The molecule has 0 heterocycles. The van der Waals surface area contributed by atoms with E-state index in [9.17, 15) is 37.5 Å². The third-order valence-corrected chi connectivity index (χ3v) is 9.49. The molecule has 3 atom stereocenters. The Morgan fingerprint density at radius 2 is 1.63 bits per heavy atom. The van der Waals surface area contributed by atoms with Gasteiger partial charge in [0.25, 0.3) is 10.0 Å². The van der Waals surface area contributed by atoms with Crippen LogP contribution in [0.1, 0.15) is 68.5 Å². The highest BCUT2D eigenvalue weighted by Crippen LogP contribution is 2.21. The van der Waals surface area contributed by atoms with Crippen LogP contribution in [0.15, 0.2) is 64.5 Å². The molecule has 0 aliphatic heterocycles. The number of carboxylic acids is 1. The molecule has 51 heavy (non-hydrogen) atoms. The number of guanidine groups is 1. The lowest BCUT2D eigenvalue weighted by Gasteiger charge is -2.27. The number of ether oxygens (including phenoxy) is 1. The van der Waals surface area contributed by atoms with Gasteiger partial charge >= 0.3 is 11.9 Å². The highest BCUT2D eigenvalue weighted by molar-refractivity contribution is 7.90. The van der Waals surface area contributed by atoms with Crippen molar-refractivity contribution in [3.63, 3.8) is 0 Å². The molecule has 0 bridgehead atoms. The summed E-state index contributed by atoms with van der Waals surface area (Å²) in [4.78, 5) is 69.0. The maximum absolute atomic E-state index is 13.7. The van der Waals surface area contributed by atoms with Crippen LogP contribution in [0.4, 0.5) is 0 Å². The fourth-order valence-electron chi connectivity index (χ4n) is 5.38. The van der Waals surface area contributed by atoms with Gasteiger partial charge in [-0.25, -0.2) is 13.1 Å². The minimum Gasteiger partial charge on any atom is -0.480 e. The SMILES string of the molecule is Cc1ccc(S(=O)(=O)NC(N)=NCCC[C@H](NC(=O)[C@@H](NC(=O)[C@@H](N)CC(=O)OC2CCCCC2)c2ccccc2)C(=O)N(C)CC(=O)O)cc1. The molecule has 278 valence electrons. The van der Waals surface area contributed by atoms with Gasteiger partial charge in [-0.1, -0.05) is 54.4 Å². The van der Waals surface area contributed by atoms with Gasteiger partial charge in [0.2, 0.25) is 23.7 Å². The third-order valence-electron chi connectivity index (χ3n) is 8.12. The van der Waals surface area contributed by atoms with Gasteiger partial charge in [-0.3, -0.25) is 29.0 Å². The summed E-state index contributed by atoms with van der Waals surface area (Å²) >= 11 is 0. The van der Waals surface area contributed by atoms with Crippen LogP contribution in [-0.4, -0.2) is 92.4 Å². The Labute approximate surface area is 297 Å². The van der Waals surface area contributed by atoms with E-state index >= 15 is 0 Å². The average Bonchev–Trinajstić information content (AvgIpc) is 3.08. The fourth-order valence-corrected chi connectivity index (χ4v) is 6.34. The second-order valence-corrected chi connectivity index (χ2v) is 14.1. The average molecular weight is 730 g/mol. The lowest BCUT2D eigenvalue weighted by molar-refractivity contribution is -0.152. The largest absolute Gasteiger partial charge is 0.480 e. The van der Waals surface area contributed by atoms with Crippen LogP contribution in [0, 0.1) is 6.92 Å². The molecule has 1 fully saturated rings. The third kappa shape index (κ3) is 13.3. The summed E-state index contributed by atoms with van der Waals surface area (Å²) in [6, 6.07) is 10.3. The lowest BCUT2D eigenvalue weighted by Crippen LogP contribution is -2.53. The van der Waals surface area contributed by atoms with Crippen LogP contribution >= 0.6 is 0 Å². The van der Waals surface area contributed by atoms with Crippen LogP contribution in [0.3, 0.4) is 0 Å². The molecular weight excluding hydrogens is 682 g/mol.